The Morgan fingerprint density at radius 2 is 1.90 bits per heavy atom. The van der Waals surface area contributed by atoms with E-state index in [2.05, 4.69) is 49.4 Å². The molecule has 0 saturated carbocycles. The Labute approximate surface area is 181 Å². The van der Waals surface area contributed by atoms with Crippen molar-refractivity contribution in [3.63, 3.8) is 0 Å². The number of nitrogens with one attached hydrogen (secondary N) is 2. The van der Waals surface area contributed by atoms with Gasteiger partial charge < -0.3 is 19.8 Å². The Kier molecular flexibility index (Phi) is 4.88. The van der Waals surface area contributed by atoms with Gasteiger partial charge in [-0.05, 0) is 45.3 Å². The summed E-state index contributed by atoms with van der Waals surface area (Å²) in [7, 11) is 0. The zero-order valence-corrected chi connectivity index (χ0v) is 17.5. The van der Waals surface area contributed by atoms with Crippen molar-refractivity contribution in [3.8, 4) is 28.1 Å². The Morgan fingerprint density at radius 1 is 1.10 bits per heavy atom. The van der Waals surface area contributed by atoms with Gasteiger partial charge in [-0.15, -0.1) is 0 Å². The molecule has 2 N–H and O–H groups in total. The summed E-state index contributed by atoms with van der Waals surface area (Å²) < 4.78 is 11.8. The zero-order valence-electron chi connectivity index (χ0n) is 15.9. The van der Waals surface area contributed by atoms with E-state index in [-0.39, 0.29) is 6.10 Å². The molecule has 5 rings (SSSR count). The molecule has 1 saturated heterocycles. The second-order valence-electron chi connectivity index (χ2n) is 7.03. The van der Waals surface area contributed by atoms with Crippen molar-refractivity contribution < 1.29 is 14.3 Å². The van der Waals surface area contributed by atoms with Gasteiger partial charge in [0.2, 0.25) is 0 Å². The fourth-order valence-corrected chi connectivity index (χ4v) is 3.93. The standard InChI is InChI=1S/C23H18BrN3O3/c24-16-10-19-20(21(27-22(19)25-11-16)15-4-2-1-3-5-15)14-6-8-17(9-7-14)29-13-18-12-26-23(28)30-18/h1-11,18H,12-13H2,(H,25,27)(H,26,28). The maximum Gasteiger partial charge on any atom is 0.407 e. The Balaban J connectivity index is 1.49. The summed E-state index contributed by atoms with van der Waals surface area (Å²) in [5, 5.41) is 3.66. The smallest absolute Gasteiger partial charge is 0.407 e. The topological polar surface area (TPSA) is 76.2 Å². The van der Waals surface area contributed by atoms with Gasteiger partial charge in [0.25, 0.3) is 0 Å². The maximum absolute atomic E-state index is 11.1. The van der Waals surface area contributed by atoms with E-state index in [0.717, 1.165) is 43.6 Å². The van der Waals surface area contributed by atoms with Crippen LogP contribution in [-0.4, -0.2) is 35.3 Å². The number of halogens is 1. The van der Waals surface area contributed by atoms with E-state index < -0.39 is 6.09 Å². The number of fused-ring (bicyclic) bond motifs is 1. The number of hydrogen-bond donors (Lipinski definition) is 2. The zero-order chi connectivity index (χ0) is 20.5. The van der Waals surface area contributed by atoms with Crippen LogP contribution in [0.5, 0.6) is 5.75 Å². The fraction of sp³-hybridized carbons (Fsp3) is 0.130. The first-order chi connectivity index (χ1) is 14.7. The SMILES string of the molecule is O=C1NCC(COc2ccc(-c3c(-c4ccccc4)[nH]c4ncc(Br)cc34)cc2)O1. The highest BCUT2D eigenvalue weighted by molar-refractivity contribution is 9.10. The summed E-state index contributed by atoms with van der Waals surface area (Å²) in [6.45, 7) is 0.784. The highest BCUT2D eigenvalue weighted by Gasteiger charge is 2.23. The van der Waals surface area contributed by atoms with E-state index in [1.54, 1.807) is 6.20 Å². The molecule has 0 spiro atoms. The third-order valence-corrected chi connectivity index (χ3v) is 5.44. The number of cyclic esters (lactones) is 1. The van der Waals surface area contributed by atoms with Gasteiger partial charge in [0.15, 0.2) is 6.10 Å². The van der Waals surface area contributed by atoms with Crippen molar-refractivity contribution in [1.29, 1.82) is 0 Å². The average molecular weight is 464 g/mol. The maximum atomic E-state index is 11.1. The minimum absolute atomic E-state index is 0.265. The molecule has 0 aliphatic carbocycles. The molecule has 7 heteroatoms. The van der Waals surface area contributed by atoms with E-state index in [9.17, 15) is 4.79 Å². The second-order valence-corrected chi connectivity index (χ2v) is 7.95. The van der Waals surface area contributed by atoms with Crippen LogP contribution in [0.4, 0.5) is 4.79 Å². The third-order valence-electron chi connectivity index (χ3n) is 5.01. The number of carbonyl (C=O) groups is 1. The van der Waals surface area contributed by atoms with Crippen LogP contribution in [0.15, 0.2) is 71.3 Å². The van der Waals surface area contributed by atoms with Gasteiger partial charge in [0, 0.05) is 21.6 Å². The minimum atomic E-state index is -0.397. The lowest BCUT2D eigenvalue weighted by molar-refractivity contribution is 0.105. The van der Waals surface area contributed by atoms with Gasteiger partial charge in [0.05, 0.1) is 12.2 Å². The molecular weight excluding hydrogens is 446 g/mol. The molecule has 0 bridgehead atoms. The first-order valence-electron chi connectivity index (χ1n) is 9.58. The van der Waals surface area contributed by atoms with Crippen LogP contribution in [0.25, 0.3) is 33.4 Å². The van der Waals surface area contributed by atoms with Crippen LogP contribution in [0.1, 0.15) is 0 Å². The van der Waals surface area contributed by atoms with E-state index in [4.69, 9.17) is 9.47 Å². The summed E-state index contributed by atoms with van der Waals surface area (Å²) in [5.74, 6) is 0.724. The Hall–Kier alpha value is -3.32. The number of carbonyl (C=O) groups excluding carboxylic acids is 1. The van der Waals surface area contributed by atoms with Crippen molar-refractivity contribution in [3.05, 3.63) is 71.3 Å². The highest BCUT2D eigenvalue weighted by Crippen LogP contribution is 2.39. The first kappa shape index (κ1) is 18.7. The molecule has 2 aromatic heterocycles. The quantitative estimate of drug-likeness (QED) is 0.429. The number of rotatable bonds is 5. The van der Waals surface area contributed by atoms with Crippen molar-refractivity contribution in [2.75, 3.05) is 13.2 Å². The van der Waals surface area contributed by atoms with Crippen LogP contribution in [0.3, 0.4) is 0 Å². The molecule has 1 amide bonds. The number of H-pyrrole nitrogens is 1. The lowest BCUT2D eigenvalue weighted by Crippen LogP contribution is -2.21. The molecule has 1 aliphatic heterocycles. The number of aromatic amines is 1. The van der Waals surface area contributed by atoms with Crippen LogP contribution >= 0.6 is 15.9 Å². The number of benzene rings is 2. The van der Waals surface area contributed by atoms with Crippen molar-refractivity contribution >= 4 is 33.1 Å². The van der Waals surface area contributed by atoms with Gasteiger partial charge in [-0.25, -0.2) is 9.78 Å². The van der Waals surface area contributed by atoms with Crippen LogP contribution in [0.2, 0.25) is 0 Å². The largest absolute Gasteiger partial charge is 0.490 e. The minimum Gasteiger partial charge on any atom is -0.490 e. The second kappa shape index (κ2) is 7.84. The van der Waals surface area contributed by atoms with Gasteiger partial charge in [0.1, 0.15) is 18.0 Å². The lowest BCUT2D eigenvalue weighted by atomic mass is 9.99. The van der Waals surface area contributed by atoms with Gasteiger partial charge in [-0.3, -0.25) is 0 Å². The highest BCUT2D eigenvalue weighted by atomic mass is 79.9. The number of amides is 1. The molecule has 1 atom stereocenters. The van der Waals surface area contributed by atoms with Crippen molar-refractivity contribution in [2.45, 2.75) is 6.10 Å². The molecule has 30 heavy (non-hydrogen) atoms. The summed E-state index contributed by atoms with van der Waals surface area (Å²) in [6.07, 6.45) is 1.13. The van der Waals surface area contributed by atoms with E-state index in [0.29, 0.717) is 13.2 Å². The van der Waals surface area contributed by atoms with Crippen LogP contribution < -0.4 is 10.1 Å². The predicted octanol–water partition coefficient (Wildman–Crippen LogP) is 5.15. The molecule has 3 heterocycles. The Bertz CT molecular complexity index is 1210. The molecule has 1 unspecified atom stereocenters. The van der Waals surface area contributed by atoms with E-state index in [1.807, 2.05) is 42.5 Å². The molecule has 2 aromatic carbocycles. The summed E-state index contributed by atoms with van der Waals surface area (Å²) >= 11 is 3.54. The molecule has 6 nitrogen and oxygen atoms in total. The first-order valence-corrected chi connectivity index (χ1v) is 10.4. The molecule has 4 aromatic rings. The number of aromatic nitrogens is 2. The molecular formula is C23H18BrN3O3. The molecule has 1 fully saturated rings. The lowest BCUT2D eigenvalue weighted by Gasteiger charge is -2.11. The number of nitrogens with zero attached hydrogens (tertiary/aromatic N) is 1. The fourth-order valence-electron chi connectivity index (χ4n) is 3.60. The van der Waals surface area contributed by atoms with Gasteiger partial charge >= 0.3 is 6.09 Å². The number of alkyl carbamates (subject to hydrolysis) is 1. The predicted molar refractivity (Wildman–Crippen MR) is 118 cm³/mol. The number of ether oxygens (including phenoxy) is 2. The molecule has 0 radical (unpaired) electrons. The summed E-state index contributed by atoms with van der Waals surface area (Å²) in [5.41, 5.74) is 5.10. The Morgan fingerprint density at radius 3 is 2.63 bits per heavy atom. The van der Waals surface area contributed by atoms with Crippen LogP contribution in [-0.2, 0) is 4.74 Å². The summed E-state index contributed by atoms with van der Waals surface area (Å²) in [4.78, 5) is 19.1. The summed E-state index contributed by atoms with van der Waals surface area (Å²) in [6, 6.07) is 20.2. The molecule has 1 aliphatic rings. The van der Waals surface area contributed by atoms with Gasteiger partial charge in [-0.1, -0.05) is 42.5 Å². The number of pyridine rings is 1. The van der Waals surface area contributed by atoms with E-state index in [1.165, 1.54) is 0 Å². The average Bonchev–Trinajstić information content (AvgIpc) is 3.36. The monoisotopic (exact) mass is 463 g/mol. The van der Waals surface area contributed by atoms with E-state index >= 15 is 0 Å². The van der Waals surface area contributed by atoms with Crippen molar-refractivity contribution in [1.82, 2.24) is 15.3 Å². The molecule has 150 valence electrons. The van der Waals surface area contributed by atoms with Crippen molar-refractivity contribution in [2.24, 2.45) is 0 Å². The normalized spacial score (nSPS) is 15.8. The van der Waals surface area contributed by atoms with Gasteiger partial charge in [-0.2, -0.15) is 0 Å². The van der Waals surface area contributed by atoms with Crippen LogP contribution in [0, 0.1) is 0 Å². The third kappa shape index (κ3) is 3.64. The number of hydrogen-bond acceptors (Lipinski definition) is 4.